The lowest BCUT2D eigenvalue weighted by atomic mass is 9.98. The molecule has 3 heteroatoms. The van der Waals surface area contributed by atoms with Crippen molar-refractivity contribution < 1.29 is 0 Å². The van der Waals surface area contributed by atoms with E-state index in [4.69, 9.17) is 0 Å². The van der Waals surface area contributed by atoms with Crippen molar-refractivity contribution in [1.29, 1.82) is 0 Å². The summed E-state index contributed by atoms with van der Waals surface area (Å²) < 4.78 is 0. The summed E-state index contributed by atoms with van der Waals surface area (Å²) in [6, 6.07) is 0.605. The predicted molar refractivity (Wildman–Crippen MR) is 61.7 cm³/mol. The Bertz CT molecular complexity index is 177. The van der Waals surface area contributed by atoms with Gasteiger partial charge in [-0.25, -0.2) is 0 Å². The van der Waals surface area contributed by atoms with Gasteiger partial charge in [-0.05, 0) is 34.5 Å². The maximum Gasteiger partial charge on any atom is 0.0327 e. The smallest absolute Gasteiger partial charge is 0.0327 e. The summed E-state index contributed by atoms with van der Waals surface area (Å²) in [6.07, 6.45) is 0. The average molecular weight is 199 g/mol. The zero-order chi connectivity index (χ0) is 10.8. The van der Waals surface area contributed by atoms with Gasteiger partial charge in [0.25, 0.3) is 0 Å². The number of nitrogens with zero attached hydrogens (tertiary/aromatic N) is 2. The molecule has 1 aliphatic heterocycles. The molecule has 0 spiro atoms. The highest BCUT2D eigenvalue weighted by molar-refractivity contribution is 4.92. The van der Waals surface area contributed by atoms with Gasteiger partial charge in [0, 0.05) is 31.2 Å². The number of rotatable bonds is 3. The molecule has 1 saturated heterocycles. The van der Waals surface area contributed by atoms with E-state index in [1.54, 1.807) is 0 Å². The number of hydrogen-bond donors (Lipinski definition) is 1. The van der Waals surface area contributed by atoms with Crippen LogP contribution in [0.15, 0.2) is 0 Å². The van der Waals surface area contributed by atoms with Crippen LogP contribution in [0, 0.1) is 0 Å². The van der Waals surface area contributed by atoms with Crippen LogP contribution in [0.25, 0.3) is 0 Å². The molecule has 84 valence electrons. The molecule has 0 aliphatic carbocycles. The molecule has 1 aliphatic rings. The molecule has 0 radical (unpaired) electrons. The second-order valence-corrected chi connectivity index (χ2v) is 5.32. The SMILES string of the molecule is CCN1CC(CN(C)C)NC(C)(C)C1. The molecule has 0 aromatic heterocycles. The molecule has 0 aromatic rings. The summed E-state index contributed by atoms with van der Waals surface area (Å²) in [7, 11) is 4.28. The summed E-state index contributed by atoms with van der Waals surface area (Å²) in [5.74, 6) is 0. The molecular weight excluding hydrogens is 174 g/mol. The summed E-state index contributed by atoms with van der Waals surface area (Å²) in [5, 5.41) is 3.70. The number of likely N-dealkylation sites (N-methyl/N-ethyl adjacent to an activating group) is 2. The summed E-state index contributed by atoms with van der Waals surface area (Å²) >= 11 is 0. The maximum atomic E-state index is 3.70. The lowest BCUT2D eigenvalue weighted by Crippen LogP contribution is -2.63. The van der Waals surface area contributed by atoms with Gasteiger partial charge in [0.1, 0.15) is 0 Å². The molecule has 1 unspecified atom stereocenters. The minimum absolute atomic E-state index is 0.259. The molecule has 14 heavy (non-hydrogen) atoms. The predicted octanol–water partition coefficient (Wildman–Crippen LogP) is 0.620. The standard InChI is InChI=1S/C11H25N3/c1-6-14-8-10(7-13(4)5)12-11(2,3)9-14/h10,12H,6-9H2,1-5H3. The zero-order valence-corrected chi connectivity index (χ0v) is 10.3. The van der Waals surface area contributed by atoms with E-state index in [0.717, 1.165) is 19.6 Å². The molecule has 0 saturated carbocycles. The third-order valence-corrected chi connectivity index (χ3v) is 2.73. The van der Waals surface area contributed by atoms with E-state index >= 15 is 0 Å². The minimum atomic E-state index is 0.259. The van der Waals surface area contributed by atoms with Gasteiger partial charge in [-0.3, -0.25) is 0 Å². The van der Waals surface area contributed by atoms with Crippen LogP contribution in [-0.2, 0) is 0 Å². The monoisotopic (exact) mass is 199 g/mol. The third kappa shape index (κ3) is 3.56. The van der Waals surface area contributed by atoms with Crippen LogP contribution in [0.1, 0.15) is 20.8 Å². The van der Waals surface area contributed by atoms with Gasteiger partial charge in [-0.15, -0.1) is 0 Å². The van der Waals surface area contributed by atoms with Crippen molar-refractivity contribution in [3.8, 4) is 0 Å². The lowest BCUT2D eigenvalue weighted by molar-refractivity contribution is 0.109. The molecule has 0 bridgehead atoms. The normalized spacial score (nSPS) is 28.3. The molecule has 1 fully saturated rings. The van der Waals surface area contributed by atoms with Gasteiger partial charge < -0.3 is 15.1 Å². The fraction of sp³-hybridized carbons (Fsp3) is 1.00. The summed E-state index contributed by atoms with van der Waals surface area (Å²) in [6.45, 7) is 11.4. The largest absolute Gasteiger partial charge is 0.308 e. The average Bonchev–Trinajstić information content (AvgIpc) is 1.99. The highest BCUT2D eigenvalue weighted by Gasteiger charge is 2.30. The van der Waals surface area contributed by atoms with Crippen molar-refractivity contribution in [2.45, 2.75) is 32.4 Å². The van der Waals surface area contributed by atoms with Gasteiger partial charge in [0.05, 0.1) is 0 Å². The Morgan fingerprint density at radius 1 is 1.43 bits per heavy atom. The molecule has 0 amide bonds. The van der Waals surface area contributed by atoms with E-state index < -0.39 is 0 Å². The third-order valence-electron chi connectivity index (χ3n) is 2.73. The highest BCUT2D eigenvalue weighted by Crippen LogP contribution is 2.13. The van der Waals surface area contributed by atoms with Crippen molar-refractivity contribution in [1.82, 2.24) is 15.1 Å². The van der Waals surface area contributed by atoms with E-state index in [0.29, 0.717) is 6.04 Å². The van der Waals surface area contributed by atoms with E-state index in [1.165, 1.54) is 6.54 Å². The first-order valence-electron chi connectivity index (χ1n) is 5.58. The molecule has 1 heterocycles. The fourth-order valence-electron chi connectivity index (χ4n) is 2.36. The molecule has 1 atom stereocenters. The first-order valence-corrected chi connectivity index (χ1v) is 5.58. The van der Waals surface area contributed by atoms with Crippen LogP contribution >= 0.6 is 0 Å². The quantitative estimate of drug-likeness (QED) is 0.719. The maximum absolute atomic E-state index is 3.70. The summed E-state index contributed by atoms with van der Waals surface area (Å²) in [4.78, 5) is 4.79. The molecule has 1 rings (SSSR count). The van der Waals surface area contributed by atoms with Gasteiger partial charge in [-0.2, -0.15) is 0 Å². The number of nitrogens with one attached hydrogen (secondary N) is 1. The van der Waals surface area contributed by atoms with Crippen LogP contribution in [0.4, 0.5) is 0 Å². The topological polar surface area (TPSA) is 18.5 Å². The van der Waals surface area contributed by atoms with Crippen LogP contribution in [0.2, 0.25) is 0 Å². The van der Waals surface area contributed by atoms with Crippen molar-refractivity contribution in [3.05, 3.63) is 0 Å². The van der Waals surface area contributed by atoms with Crippen molar-refractivity contribution >= 4 is 0 Å². The van der Waals surface area contributed by atoms with E-state index in [2.05, 4.69) is 50.0 Å². The van der Waals surface area contributed by atoms with Gasteiger partial charge >= 0.3 is 0 Å². The van der Waals surface area contributed by atoms with E-state index in [-0.39, 0.29) is 5.54 Å². The van der Waals surface area contributed by atoms with Crippen molar-refractivity contribution in [3.63, 3.8) is 0 Å². The molecule has 0 aromatic carbocycles. The Kier molecular flexibility index (Phi) is 3.93. The van der Waals surface area contributed by atoms with E-state index in [1.807, 2.05) is 0 Å². The van der Waals surface area contributed by atoms with Crippen LogP contribution in [-0.4, -0.2) is 61.7 Å². The Morgan fingerprint density at radius 2 is 2.07 bits per heavy atom. The fourth-order valence-corrected chi connectivity index (χ4v) is 2.36. The molecular formula is C11H25N3. The molecule has 3 nitrogen and oxygen atoms in total. The van der Waals surface area contributed by atoms with Gasteiger partial charge in [0.2, 0.25) is 0 Å². The van der Waals surface area contributed by atoms with E-state index in [9.17, 15) is 0 Å². The van der Waals surface area contributed by atoms with Gasteiger partial charge in [0.15, 0.2) is 0 Å². The Hall–Kier alpha value is -0.120. The van der Waals surface area contributed by atoms with Crippen molar-refractivity contribution in [2.75, 3.05) is 40.3 Å². The van der Waals surface area contributed by atoms with Crippen LogP contribution in [0.5, 0.6) is 0 Å². The number of hydrogen-bond acceptors (Lipinski definition) is 3. The summed E-state index contributed by atoms with van der Waals surface area (Å²) in [5.41, 5.74) is 0.259. The highest BCUT2D eigenvalue weighted by atomic mass is 15.3. The first kappa shape index (κ1) is 12.0. The Labute approximate surface area is 88.5 Å². The van der Waals surface area contributed by atoms with Crippen LogP contribution < -0.4 is 5.32 Å². The zero-order valence-electron chi connectivity index (χ0n) is 10.3. The Balaban J connectivity index is 2.52. The van der Waals surface area contributed by atoms with Crippen molar-refractivity contribution in [2.24, 2.45) is 0 Å². The lowest BCUT2D eigenvalue weighted by Gasteiger charge is -2.44. The number of piperazine rings is 1. The van der Waals surface area contributed by atoms with Gasteiger partial charge in [-0.1, -0.05) is 6.92 Å². The Morgan fingerprint density at radius 3 is 2.57 bits per heavy atom. The first-order chi connectivity index (χ1) is 6.43. The second kappa shape index (κ2) is 4.60. The molecule has 1 N–H and O–H groups in total. The minimum Gasteiger partial charge on any atom is -0.308 e. The van der Waals surface area contributed by atoms with Crippen LogP contribution in [0.3, 0.4) is 0 Å². The second-order valence-electron chi connectivity index (χ2n) is 5.32.